The molecule has 0 unspecified atom stereocenters. The Bertz CT molecular complexity index is 761. The van der Waals surface area contributed by atoms with Gasteiger partial charge < -0.3 is 9.84 Å². The molecule has 21 heavy (non-hydrogen) atoms. The molecule has 6 nitrogen and oxygen atoms in total. The van der Waals surface area contributed by atoms with Crippen molar-refractivity contribution in [1.82, 2.24) is 15.1 Å². The molecular formula is C13H12N4O2S2. The second kappa shape index (κ2) is 5.74. The number of carbonyl (C=O) groups is 1. The Kier molecular flexibility index (Phi) is 3.80. The smallest absolute Gasteiger partial charge is 0.270 e. The molecule has 0 aliphatic rings. The Morgan fingerprint density at radius 3 is 3.00 bits per heavy atom. The van der Waals surface area contributed by atoms with Crippen LogP contribution in [-0.2, 0) is 4.79 Å². The van der Waals surface area contributed by atoms with Crippen LogP contribution < -0.4 is 5.32 Å². The predicted molar refractivity (Wildman–Crippen MR) is 82.4 cm³/mol. The number of nitrogens with one attached hydrogen (secondary N) is 1. The molecule has 0 radical (unpaired) electrons. The molecule has 3 aromatic heterocycles. The van der Waals surface area contributed by atoms with Gasteiger partial charge in [-0.1, -0.05) is 29.5 Å². The minimum atomic E-state index is -0.0693. The van der Waals surface area contributed by atoms with Gasteiger partial charge in [0.1, 0.15) is 4.88 Å². The number of amides is 1. The quantitative estimate of drug-likeness (QED) is 0.794. The van der Waals surface area contributed by atoms with Crippen molar-refractivity contribution in [2.75, 3.05) is 5.32 Å². The number of aromatic nitrogens is 3. The molecule has 0 aliphatic carbocycles. The lowest BCUT2D eigenvalue weighted by atomic mass is 10.4. The first kappa shape index (κ1) is 13.9. The van der Waals surface area contributed by atoms with Gasteiger partial charge in [0, 0.05) is 6.42 Å². The van der Waals surface area contributed by atoms with Gasteiger partial charge in [-0.3, -0.25) is 4.79 Å². The van der Waals surface area contributed by atoms with Crippen molar-refractivity contribution in [2.24, 2.45) is 0 Å². The van der Waals surface area contributed by atoms with Crippen LogP contribution in [0.1, 0.15) is 19.0 Å². The van der Waals surface area contributed by atoms with E-state index in [4.69, 9.17) is 4.52 Å². The van der Waals surface area contributed by atoms with Crippen molar-refractivity contribution in [1.29, 1.82) is 0 Å². The fourth-order valence-electron chi connectivity index (χ4n) is 1.68. The van der Waals surface area contributed by atoms with Crippen LogP contribution in [0.5, 0.6) is 0 Å². The Balaban J connectivity index is 1.89. The molecular weight excluding hydrogens is 308 g/mol. The number of nitrogens with zero attached hydrogens (tertiary/aromatic N) is 3. The topological polar surface area (TPSA) is 80.9 Å². The number of hydrogen-bond donors (Lipinski definition) is 1. The first-order valence-corrected chi connectivity index (χ1v) is 8.02. The summed E-state index contributed by atoms with van der Waals surface area (Å²) in [6, 6.07) is 3.87. The zero-order valence-corrected chi connectivity index (χ0v) is 13.0. The standard InChI is InChI=1S/C13H12N4O2S2/c1-3-9(18)15-13-14-7(2)10(21-13)12-16-11(17-19-12)8-5-4-6-20-8/h4-6H,3H2,1-2H3,(H,14,15,18). The molecule has 8 heteroatoms. The van der Waals surface area contributed by atoms with Crippen LogP contribution in [0, 0.1) is 6.92 Å². The maximum atomic E-state index is 11.4. The summed E-state index contributed by atoms with van der Waals surface area (Å²) < 4.78 is 5.30. The summed E-state index contributed by atoms with van der Waals surface area (Å²) in [5, 5.41) is 9.22. The molecule has 0 spiro atoms. The van der Waals surface area contributed by atoms with E-state index in [0.717, 1.165) is 15.4 Å². The molecule has 1 amide bonds. The number of thiazole rings is 1. The maximum absolute atomic E-state index is 11.4. The number of thiophene rings is 1. The molecule has 0 fully saturated rings. The lowest BCUT2D eigenvalue weighted by Crippen LogP contribution is -2.08. The minimum absolute atomic E-state index is 0.0693. The van der Waals surface area contributed by atoms with Crippen molar-refractivity contribution in [3.8, 4) is 21.5 Å². The highest BCUT2D eigenvalue weighted by molar-refractivity contribution is 7.19. The van der Waals surface area contributed by atoms with Gasteiger partial charge in [-0.15, -0.1) is 11.3 Å². The van der Waals surface area contributed by atoms with Gasteiger partial charge in [0.05, 0.1) is 10.6 Å². The van der Waals surface area contributed by atoms with Crippen LogP contribution in [-0.4, -0.2) is 21.0 Å². The maximum Gasteiger partial charge on any atom is 0.270 e. The van der Waals surface area contributed by atoms with E-state index in [1.807, 2.05) is 24.4 Å². The highest BCUT2D eigenvalue weighted by Crippen LogP contribution is 2.33. The Morgan fingerprint density at radius 2 is 2.29 bits per heavy atom. The fourth-order valence-corrected chi connectivity index (χ4v) is 3.23. The van der Waals surface area contributed by atoms with E-state index in [-0.39, 0.29) is 5.91 Å². The average molecular weight is 320 g/mol. The average Bonchev–Trinajstić information content (AvgIpc) is 3.17. The number of hydrogen-bond acceptors (Lipinski definition) is 7. The summed E-state index contributed by atoms with van der Waals surface area (Å²) in [4.78, 5) is 21.8. The normalized spacial score (nSPS) is 10.8. The van der Waals surface area contributed by atoms with E-state index in [2.05, 4.69) is 20.4 Å². The third-order valence-electron chi connectivity index (χ3n) is 2.73. The zero-order chi connectivity index (χ0) is 14.8. The van der Waals surface area contributed by atoms with Crippen molar-refractivity contribution < 1.29 is 9.32 Å². The fraction of sp³-hybridized carbons (Fsp3) is 0.231. The van der Waals surface area contributed by atoms with Crippen molar-refractivity contribution in [3.05, 3.63) is 23.2 Å². The summed E-state index contributed by atoms with van der Waals surface area (Å²) >= 11 is 2.88. The van der Waals surface area contributed by atoms with Crippen LogP contribution in [0.3, 0.4) is 0 Å². The van der Waals surface area contributed by atoms with E-state index in [0.29, 0.717) is 23.3 Å². The van der Waals surface area contributed by atoms with Crippen LogP contribution in [0.25, 0.3) is 21.5 Å². The van der Waals surface area contributed by atoms with Crippen LogP contribution in [0.2, 0.25) is 0 Å². The zero-order valence-electron chi connectivity index (χ0n) is 11.4. The van der Waals surface area contributed by atoms with Gasteiger partial charge in [0.25, 0.3) is 5.89 Å². The van der Waals surface area contributed by atoms with Gasteiger partial charge in [-0.05, 0) is 18.4 Å². The summed E-state index contributed by atoms with van der Waals surface area (Å²) in [6.07, 6.45) is 0.414. The number of aryl methyl sites for hydroxylation is 1. The first-order chi connectivity index (χ1) is 10.2. The predicted octanol–water partition coefficient (Wildman–Crippen LogP) is 3.58. The Hall–Kier alpha value is -2.06. The summed E-state index contributed by atoms with van der Waals surface area (Å²) in [6.45, 7) is 3.64. The third-order valence-corrected chi connectivity index (χ3v) is 4.65. The van der Waals surface area contributed by atoms with E-state index in [9.17, 15) is 4.79 Å². The van der Waals surface area contributed by atoms with Crippen LogP contribution in [0.15, 0.2) is 22.0 Å². The van der Waals surface area contributed by atoms with Gasteiger partial charge in [0.15, 0.2) is 5.13 Å². The molecule has 0 saturated heterocycles. The molecule has 108 valence electrons. The molecule has 0 saturated carbocycles. The molecule has 0 aromatic carbocycles. The van der Waals surface area contributed by atoms with Crippen LogP contribution >= 0.6 is 22.7 Å². The Morgan fingerprint density at radius 1 is 1.43 bits per heavy atom. The van der Waals surface area contributed by atoms with Crippen molar-refractivity contribution in [2.45, 2.75) is 20.3 Å². The van der Waals surface area contributed by atoms with Gasteiger partial charge >= 0.3 is 0 Å². The van der Waals surface area contributed by atoms with Gasteiger partial charge in [-0.2, -0.15) is 4.98 Å². The van der Waals surface area contributed by atoms with Crippen molar-refractivity contribution in [3.63, 3.8) is 0 Å². The molecule has 3 rings (SSSR count). The first-order valence-electron chi connectivity index (χ1n) is 6.32. The molecule has 0 bridgehead atoms. The second-order valence-corrected chi connectivity index (χ2v) is 6.18. The van der Waals surface area contributed by atoms with E-state index < -0.39 is 0 Å². The Labute approximate surface area is 128 Å². The van der Waals surface area contributed by atoms with E-state index >= 15 is 0 Å². The molecule has 3 aromatic rings. The monoisotopic (exact) mass is 320 g/mol. The summed E-state index contributed by atoms with van der Waals surface area (Å²) in [5.74, 6) is 0.914. The minimum Gasteiger partial charge on any atom is -0.333 e. The highest BCUT2D eigenvalue weighted by atomic mass is 32.1. The largest absolute Gasteiger partial charge is 0.333 e. The van der Waals surface area contributed by atoms with Crippen LogP contribution in [0.4, 0.5) is 5.13 Å². The number of anilines is 1. The van der Waals surface area contributed by atoms with E-state index in [1.165, 1.54) is 11.3 Å². The summed E-state index contributed by atoms with van der Waals surface area (Å²) in [5.41, 5.74) is 0.757. The molecule has 0 atom stereocenters. The highest BCUT2D eigenvalue weighted by Gasteiger charge is 2.18. The van der Waals surface area contributed by atoms with Gasteiger partial charge in [-0.25, -0.2) is 4.98 Å². The lowest BCUT2D eigenvalue weighted by Gasteiger charge is -1.95. The molecule has 0 aliphatic heterocycles. The lowest BCUT2D eigenvalue weighted by molar-refractivity contribution is -0.115. The van der Waals surface area contributed by atoms with E-state index in [1.54, 1.807) is 18.3 Å². The number of rotatable bonds is 4. The summed E-state index contributed by atoms with van der Waals surface area (Å²) in [7, 11) is 0. The van der Waals surface area contributed by atoms with Crippen molar-refractivity contribution >= 4 is 33.7 Å². The SMILES string of the molecule is CCC(=O)Nc1nc(C)c(-c2nc(-c3cccs3)no2)s1. The van der Waals surface area contributed by atoms with Gasteiger partial charge in [0.2, 0.25) is 11.7 Å². The number of carbonyl (C=O) groups excluding carboxylic acids is 1. The molecule has 3 heterocycles. The molecule has 1 N–H and O–H groups in total. The third kappa shape index (κ3) is 2.86. The second-order valence-electron chi connectivity index (χ2n) is 4.24.